The number of hydrogen-bond acceptors (Lipinski definition) is 3. The molecule has 6 heteroatoms. The Hall–Kier alpha value is -2.37. The number of amides is 2. The van der Waals surface area contributed by atoms with Gasteiger partial charge in [-0.15, -0.1) is 0 Å². The van der Waals surface area contributed by atoms with Gasteiger partial charge in [0.1, 0.15) is 5.82 Å². The second-order valence-electron chi connectivity index (χ2n) is 5.11. The van der Waals surface area contributed by atoms with Crippen LogP contribution in [0.25, 0.3) is 0 Å². The summed E-state index contributed by atoms with van der Waals surface area (Å²) in [5.74, 6) is -0.936. The predicted octanol–water partition coefficient (Wildman–Crippen LogP) is 2.80. The molecule has 2 rings (SSSR count). The summed E-state index contributed by atoms with van der Waals surface area (Å²) >= 11 is 0. The number of unbranched alkanes of at least 4 members (excludes halogenated alkanes) is 1. The Bertz CT molecular complexity index is 613. The van der Waals surface area contributed by atoms with E-state index in [1.165, 1.54) is 18.2 Å². The first kappa shape index (κ1) is 16.0. The lowest BCUT2D eigenvalue weighted by Crippen LogP contribution is -2.45. The largest absolute Gasteiger partial charge is 0.462 e. The van der Waals surface area contributed by atoms with Gasteiger partial charge in [-0.05, 0) is 31.0 Å². The first-order valence-corrected chi connectivity index (χ1v) is 7.23. The van der Waals surface area contributed by atoms with Crippen molar-refractivity contribution < 1.29 is 18.7 Å². The Morgan fingerprint density at radius 3 is 2.86 bits per heavy atom. The van der Waals surface area contributed by atoms with Gasteiger partial charge in [0.2, 0.25) is 0 Å². The van der Waals surface area contributed by atoms with Crippen LogP contribution >= 0.6 is 0 Å². The molecule has 1 aromatic rings. The number of urea groups is 1. The highest BCUT2D eigenvalue weighted by Gasteiger charge is 2.32. The minimum absolute atomic E-state index is 0.293. The van der Waals surface area contributed by atoms with Crippen molar-refractivity contribution in [3.05, 3.63) is 46.9 Å². The van der Waals surface area contributed by atoms with Crippen molar-refractivity contribution in [2.24, 2.45) is 0 Å². The second kappa shape index (κ2) is 7.06. The van der Waals surface area contributed by atoms with Crippen molar-refractivity contribution in [1.82, 2.24) is 10.6 Å². The zero-order chi connectivity index (χ0) is 16.1. The molecule has 1 aromatic carbocycles. The van der Waals surface area contributed by atoms with Gasteiger partial charge >= 0.3 is 12.0 Å². The fourth-order valence-corrected chi connectivity index (χ4v) is 2.29. The van der Waals surface area contributed by atoms with Crippen LogP contribution in [-0.4, -0.2) is 18.6 Å². The van der Waals surface area contributed by atoms with Crippen molar-refractivity contribution in [2.45, 2.75) is 32.7 Å². The van der Waals surface area contributed by atoms with E-state index in [9.17, 15) is 14.0 Å². The maximum Gasteiger partial charge on any atom is 0.338 e. The molecule has 0 unspecified atom stereocenters. The topological polar surface area (TPSA) is 67.4 Å². The Morgan fingerprint density at radius 2 is 2.18 bits per heavy atom. The van der Waals surface area contributed by atoms with Crippen LogP contribution in [0.3, 0.4) is 0 Å². The lowest BCUT2D eigenvalue weighted by Gasteiger charge is -2.28. The Labute approximate surface area is 128 Å². The molecule has 1 aliphatic rings. The molecule has 2 N–H and O–H groups in total. The molecular weight excluding hydrogens is 287 g/mol. The zero-order valence-corrected chi connectivity index (χ0v) is 12.6. The SMILES string of the molecule is CCCCOC(=O)C1=C(C)NC(=O)N[C@@H]1c1cccc(F)c1. The van der Waals surface area contributed by atoms with Gasteiger partial charge in [-0.25, -0.2) is 14.0 Å². The van der Waals surface area contributed by atoms with E-state index in [2.05, 4.69) is 10.6 Å². The normalized spacial score (nSPS) is 17.8. The number of nitrogens with one attached hydrogen (secondary N) is 2. The Morgan fingerprint density at radius 1 is 1.41 bits per heavy atom. The highest BCUT2D eigenvalue weighted by Crippen LogP contribution is 2.27. The molecule has 1 atom stereocenters. The third-order valence-corrected chi connectivity index (χ3v) is 3.40. The van der Waals surface area contributed by atoms with Crippen LogP contribution in [0.1, 0.15) is 38.3 Å². The van der Waals surface area contributed by atoms with Crippen molar-refractivity contribution in [1.29, 1.82) is 0 Å². The highest BCUT2D eigenvalue weighted by molar-refractivity contribution is 5.95. The smallest absolute Gasteiger partial charge is 0.338 e. The number of benzene rings is 1. The highest BCUT2D eigenvalue weighted by atomic mass is 19.1. The number of hydrogen-bond donors (Lipinski definition) is 2. The summed E-state index contributed by atoms with van der Waals surface area (Å²) in [6.07, 6.45) is 1.68. The zero-order valence-electron chi connectivity index (χ0n) is 12.6. The molecule has 0 saturated carbocycles. The van der Waals surface area contributed by atoms with E-state index in [-0.39, 0.29) is 0 Å². The minimum Gasteiger partial charge on any atom is -0.462 e. The van der Waals surface area contributed by atoms with E-state index >= 15 is 0 Å². The Kier molecular flexibility index (Phi) is 5.14. The molecule has 1 aliphatic heterocycles. The van der Waals surface area contributed by atoms with E-state index in [4.69, 9.17) is 4.74 Å². The molecule has 2 amide bonds. The summed E-state index contributed by atoms with van der Waals surface area (Å²) in [5.41, 5.74) is 1.21. The summed E-state index contributed by atoms with van der Waals surface area (Å²) in [6.45, 7) is 3.94. The first-order valence-electron chi connectivity index (χ1n) is 7.23. The molecule has 0 bridgehead atoms. The maximum absolute atomic E-state index is 13.4. The molecule has 0 aliphatic carbocycles. The quantitative estimate of drug-likeness (QED) is 0.649. The first-order chi connectivity index (χ1) is 10.5. The number of halogens is 1. The van der Waals surface area contributed by atoms with Crippen LogP contribution < -0.4 is 10.6 Å². The summed E-state index contributed by atoms with van der Waals surface area (Å²) in [4.78, 5) is 24.0. The van der Waals surface area contributed by atoms with Crippen molar-refractivity contribution in [3.63, 3.8) is 0 Å². The molecule has 22 heavy (non-hydrogen) atoms. The van der Waals surface area contributed by atoms with Crippen LogP contribution in [0, 0.1) is 5.82 Å². The van der Waals surface area contributed by atoms with Gasteiger partial charge in [-0.1, -0.05) is 25.5 Å². The second-order valence-corrected chi connectivity index (χ2v) is 5.11. The van der Waals surface area contributed by atoms with Crippen LogP contribution in [-0.2, 0) is 9.53 Å². The van der Waals surface area contributed by atoms with Crippen LogP contribution in [0.2, 0.25) is 0 Å². The Balaban J connectivity index is 2.30. The molecule has 0 spiro atoms. The van der Waals surface area contributed by atoms with E-state index in [0.717, 1.165) is 12.8 Å². The number of esters is 1. The molecule has 0 fully saturated rings. The number of rotatable bonds is 5. The monoisotopic (exact) mass is 306 g/mol. The van der Waals surface area contributed by atoms with Gasteiger partial charge < -0.3 is 15.4 Å². The molecule has 5 nitrogen and oxygen atoms in total. The molecule has 0 aromatic heterocycles. The predicted molar refractivity (Wildman–Crippen MR) is 79.4 cm³/mol. The van der Waals surface area contributed by atoms with Crippen LogP contribution in [0.15, 0.2) is 35.5 Å². The van der Waals surface area contributed by atoms with E-state index < -0.39 is 23.9 Å². The lowest BCUT2D eigenvalue weighted by atomic mass is 9.95. The maximum atomic E-state index is 13.4. The molecule has 0 radical (unpaired) electrons. The lowest BCUT2D eigenvalue weighted by molar-refractivity contribution is -0.139. The number of ether oxygens (including phenoxy) is 1. The van der Waals surface area contributed by atoms with Gasteiger partial charge in [0, 0.05) is 5.70 Å². The summed E-state index contributed by atoms with van der Waals surface area (Å²) in [7, 11) is 0. The molecule has 1 heterocycles. The summed E-state index contributed by atoms with van der Waals surface area (Å²) in [6, 6.07) is 4.64. The average Bonchev–Trinajstić information content (AvgIpc) is 2.46. The fraction of sp³-hybridized carbons (Fsp3) is 0.375. The minimum atomic E-state index is -0.724. The number of carbonyl (C=O) groups is 2. The van der Waals surface area contributed by atoms with Crippen LogP contribution in [0.5, 0.6) is 0 Å². The van der Waals surface area contributed by atoms with Gasteiger partial charge in [-0.2, -0.15) is 0 Å². The van der Waals surface area contributed by atoms with Crippen molar-refractivity contribution >= 4 is 12.0 Å². The molecule has 0 saturated heterocycles. The van der Waals surface area contributed by atoms with Crippen molar-refractivity contribution in [3.8, 4) is 0 Å². The van der Waals surface area contributed by atoms with E-state index in [1.54, 1.807) is 13.0 Å². The third kappa shape index (κ3) is 3.63. The summed E-state index contributed by atoms with van der Waals surface area (Å²) < 4.78 is 18.7. The number of carbonyl (C=O) groups excluding carboxylic acids is 2. The fourth-order valence-electron chi connectivity index (χ4n) is 2.29. The standard InChI is InChI=1S/C16H19FN2O3/c1-3-4-8-22-15(20)13-10(2)18-16(21)19-14(13)11-6-5-7-12(17)9-11/h5-7,9,14H,3-4,8H2,1-2H3,(H2,18,19,21)/t14-/m1/s1. The summed E-state index contributed by atoms with van der Waals surface area (Å²) in [5, 5.41) is 5.19. The van der Waals surface area contributed by atoms with Gasteiger partial charge in [0.15, 0.2) is 0 Å². The van der Waals surface area contributed by atoms with E-state index in [0.29, 0.717) is 23.4 Å². The van der Waals surface area contributed by atoms with Gasteiger partial charge in [0.05, 0.1) is 18.2 Å². The number of allylic oxidation sites excluding steroid dienone is 1. The molecule has 118 valence electrons. The van der Waals surface area contributed by atoms with Gasteiger partial charge in [0.25, 0.3) is 0 Å². The van der Waals surface area contributed by atoms with Crippen LogP contribution in [0.4, 0.5) is 9.18 Å². The van der Waals surface area contributed by atoms with Crippen molar-refractivity contribution in [2.75, 3.05) is 6.61 Å². The average molecular weight is 306 g/mol. The third-order valence-electron chi connectivity index (χ3n) is 3.40. The van der Waals surface area contributed by atoms with E-state index in [1.807, 2.05) is 6.92 Å². The van der Waals surface area contributed by atoms with Gasteiger partial charge in [-0.3, -0.25) is 0 Å². The molecular formula is C16H19FN2O3.